The molecule has 0 nitrogen and oxygen atoms in total. The SMILES string of the molecule is CCc1c[c-]ccc1CC.[CH3-].[K+]. The smallest absolute Gasteiger partial charge is 0.358 e. The van der Waals surface area contributed by atoms with Gasteiger partial charge in [0.25, 0.3) is 0 Å². The maximum absolute atomic E-state index is 3.09. The van der Waals surface area contributed by atoms with Gasteiger partial charge in [-0.1, -0.05) is 26.7 Å². The van der Waals surface area contributed by atoms with E-state index in [9.17, 15) is 0 Å². The predicted molar refractivity (Wildman–Crippen MR) is 50.4 cm³/mol. The van der Waals surface area contributed by atoms with Crippen LogP contribution in [0.25, 0.3) is 0 Å². The maximum Gasteiger partial charge on any atom is 1.00 e. The fraction of sp³-hybridized carbons (Fsp3) is 0.364. The molecule has 0 heterocycles. The molecule has 0 saturated carbocycles. The number of aryl methyl sites for hydroxylation is 2. The predicted octanol–water partition coefficient (Wildman–Crippen LogP) is 0.0659. The van der Waals surface area contributed by atoms with Gasteiger partial charge in [-0.3, -0.25) is 0 Å². The Hall–Kier alpha value is 0.856. The van der Waals surface area contributed by atoms with E-state index in [4.69, 9.17) is 0 Å². The Labute approximate surface area is 119 Å². The van der Waals surface area contributed by atoms with Crippen LogP contribution in [-0.4, -0.2) is 0 Å². The second-order valence-corrected chi connectivity index (χ2v) is 2.40. The molecule has 0 amide bonds. The topological polar surface area (TPSA) is 0 Å². The average Bonchev–Trinajstić information content (AvgIpc) is 2.04. The Morgan fingerprint density at radius 3 is 2.17 bits per heavy atom. The zero-order valence-electron chi connectivity index (χ0n) is 8.65. The largest absolute Gasteiger partial charge is 1.00 e. The van der Waals surface area contributed by atoms with E-state index in [1.165, 1.54) is 11.1 Å². The molecule has 0 aliphatic rings. The van der Waals surface area contributed by atoms with Crippen LogP contribution in [0.15, 0.2) is 18.2 Å². The van der Waals surface area contributed by atoms with Crippen LogP contribution in [-0.2, 0) is 12.8 Å². The van der Waals surface area contributed by atoms with E-state index in [1.807, 2.05) is 6.07 Å². The van der Waals surface area contributed by atoms with Crippen molar-refractivity contribution in [3.8, 4) is 0 Å². The van der Waals surface area contributed by atoms with Crippen LogP contribution in [0.1, 0.15) is 25.0 Å². The van der Waals surface area contributed by atoms with Crippen LogP contribution in [0, 0.1) is 13.5 Å². The quantitative estimate of drug-likeness (QED) is 0.454. The number of hydrogen-bond donors (Lipinski definition) is 0. The van der Waals surface area contributed by atoms with Crippen molar-refractivity contribution < 1.29 is 51.4 Å². The molecule has 0 atom stereocenters. The van der Waals surface area contributed by atoms with E-state index >= 15 is 0 Å². The summed E-state index contributed by atoms with van der Waals surface area (Å²) in [4.78, 5) is 0. The van der Waals surface area contributed by atoms with Gasteiger partial charge in [0.15, 0.2) is 0 Å². The molecule has 0 aliphatic heterocycles. The molecule has 0 spiro atoms. The fourth-order valence-electron chi connectivity index (χ4n) is 1.17. The first-order chi connectivity index (χ1) is 4.88. The fourth-order valence-corrected chi connectivity index (χ4v) is 1.17. The first kappa shape index (κ1) is 15.3. The van der Waals surface area contributed by atoms with Gasteiger partial charge in [0.2, 0.25) is 0 Å². The molecule has 1 heteroatoms. The molecule has 12 heavy (non-hydrogen) atoms. The minimum Gasteiger partial charge on any atom is -0.358 e. The molecule has 0 aliphatic carbocycles. The number of rotatable bonds is 2. The third kappa shape index (κ3) is 4.19. The van der Waals surface area contributed by atoms with Crippen LogP contribution < -0.4 is 51.4 Å². The zero-order chi connectivity index (χ0) is 7.40. The summed E-state index contributed by atoms with van der Waals surface area (Å²) in [7, 11) is 0. The van der Waals surface area contributed by atoms with E-state index in [0.29, 0.717) is 0 Å². The van der Waals surface area contributed by atoms with Gasteiger partial charge in [-0.05, 0) is 0 Å². The van der Waals surface area contributed by atoms with Crippen molar-refractivity contribution >= 4 is 0 Å². The Kier molecular flexibility index (Phi) is 10.8. The molecule has 0 fully saturated rings. The average molecular weight is 187 g/mol. The molecule has 62 valence electrons. The van der Waals surface area contributed by atoms with Crippen molar-refractivity contribution in [2.75, 3.05) is 0 Å². The summed E-state index contributed by atoms with van der Waals surface area (Å²) in [5.74, 6) is 0. The summed E-state index contributed by atoms with van der Waals surface area (Å²) in [5, 5.41) is 0. The Morgan fingerprint density at radius 2 is 1.75 bits per heavy atom. The number of benzene rings is 1. The van der Waals surface area contributed by atoms with Gasteiger partial charge in [-0.15, -0.1) is 0 Å². The molecular formula is C11H16K-. The van der Waals surface area contributed by atoms with Crippen molar-refractivity contribution in [1.29, 1.82) is 0 Å². The second kappa shape index (κ2) is 8.45. The summed E-state index contributed by atoms with van der Waals surface area (Å²) in [6, 6.07) is 9.30. The van der Waals surface area contributed by atoms with Crippen molar-refractivity contribution in [3.63, 3.8) is 0 Å². The van der Waals surface area contributed by atoms with Crippen molar-refractivity contribution in [2.24, 2.45) is 0 Å². The first-order valence-electron chi connectivity index (χ1n) is 3.86. The van der Waals surface area contributed by atoms with E-state index in [2.05, 4.69) is 32.0 Å². The van der Waals surface area contributed by atoms with E-state index < -0.39 is 0 Å². The molecule has 0 saturated heterocycles. The van der Waals surface area contributed by atoms with Gasteiger partial charge < -0.3 is 7.43 Å². The van der Waals surface area contributed by atoms with Gasteiger partial charge >= 0.3 is 51.4 Å². The minimum atomic E-state index is 0. The molecular weight excluding hydrogens is 171 g/mol. The summed E-state index contributed by atoms with van der Waals surface area (Å²) in [6.07, 6.45) is 2.26. The van der Waals surface area contributed by atoms with Crippen LogP contribution in [0.4, 0.5) is 0 Å². The first-order valence-corrected chi connectivity index (χ1v) is 3.86. The molecule has 0 N–H and O–H groups in total. The van der Waals surface area contributed by atoms with Gasteiger partial charge in [0.1, 0.15) is 0 Å². The summed E-state index contributed by atoms with van der Waals surface area (Å²) >= 11 is 0. The van der Waals surface area contributed by atoms with Crippen molar-refractivity contribution in [2.45, 2.75) is 26.7 Å². The second-order valence-electron chi connectivity index (χ2n) is 2.40. The maximum atomic E-state index is 3.09. The summed E-state index contributed by atoms with van der Waals surface area (Å²) in [5.41, 5.74) is 2.89. The Balaban J connectivity index is 0. The van der Waals surface area contributed by atoms with E-state index in [1.54, 1.807) is 0 Å². The van der Waals surface area contributed by atoms with Crippen LogP contribution in [0.5, 0.6) is 0 Å². The zero-order valence-corrected chi connectivity index (χ0v) is 11.8. The Morgan fingerprint density at radius 1 is 1.17 bits per heavy atom. The molecule has 1 aromatic rings. The van der Waals surface area contributed by atoms with Gasteiger partial charge in [-0.2, -0.15) is 35.4 Å². The van der Waals surface area contributed by atoms with Crippen LogP contribution in [0.2, 0.25) is 0 Å². The standard InChI is InChI=1S/C10H13.CH3.K/c1-3-9-7-5-6-8-10(9)4-2;;/h5,7-8H,3-4H2,1-2H3;1H3;/q2*-1;+1. The normalized spacial score (nSPS) is 8.17. The third-order valence-electron chi connectivity index (χ3n) is 1.81. The van der Waals surface area contributed by atoms with Gasteiger partial charge in [0, 0.05) is 0 Å². The summed E-state index contributed by atoms with van der Waals surface area (Å²) < 4.78 is 0. The Bertz CT molecular complexity index is 183. The number of hydrogen-bond acceptors (Lipinski definition) is 0. The molecule has 0 bridgehead atoms. The van der Waals surface area contributed by atoms with Gasteiger partial charge in [-0.25, -0.2) is 0 Å². The molecule has 1 rings (SSSR count). The molecule has 1 aromatic carbocycles. The third-order valence-corrected chi connectivity index (χ3v) is 1.81. The van der Waals surface area contributed by atoms with Crippen LogP contribution in [0.3, 0.4) is 0 Å². The minimum absolute atomic E-state index is 0. The van der Waals surface area contributed by atoms with Gasteiger partial charge in [0.05, 0.1) is 0 Å². The molecule has 0 unspecified atom stereocenters. The van der Waals surface area contributed by atoms with E-state index in [0.717, 1.165) is 12.8 Å². The van der Waals surface area contributed by atoms with Crippen molar-refractivity contribution in [1.82, 2.24) is 0 Å². The summed E-state index contributed by atoms with van der Waals surface area (Å²) in [6.45, 7) is 4.37. The van der Waals surface area contributed by atoms with Crippen LogP contribution >= 0.6 is 0 Å². The van der Waals surface area contributed by atoms with E-state index in [-0.39, 0.29) is 58.8 Å². The molecule has 0 radical (unpaired) electrons. The molecule has 0 aromatic heterocycles. The monoisotopic (exact) mass is 187 g/mol. The van der Waals surface area contributed by atoms with Crippen molar-refractivity contribution in [3.05, 3.63) is 42.8 Å².